The van der Waals surface area contributed by atoms with Crippen LogP contribution < -0.4 is 4.98 Å². The third kappa shape index (κ3) is 5.39. The Morgan fingerprint density at radius 2 is 1.05 bits per heavy atom. The van der Waals surface area contributed by atoms with Crippen LogP contribution >= 0.6 is 0 Å². The van der Waals surface area contributed by atoms with Gasteiger partial charge >= 0.3 is 8.89 Å². The lowest BCUT2D eigenvalue weighted by molar-refractivity contribution is 0.390. The summed E-state index contributed by atoms with van der Waals surface area (Å²) < 4.78 is 20.1. The van der Waals surface area contributed by atoms with Crippen LogP contribution in [0.1, 0.15) is 20.8 Å². The quantitative estimate of drug-likeness (QED) is 0.618. The Morgan fingerprint density at radius 1 is 0.789 bits per heavy atom. The Hall–Kier alpha value is 0.461. The highest BCUT2D eigenvalue weighted by atomic mass is 28.5. The molecule has 0 aromatic rings. The molecule has 1 N–H and O–H groups in total. The monoisotopic (exact) mass is 323 g/mol. The first-order valence-electron chi connectivity index (χ1n) is 6.98. The van der Waals surface area contributed by atoms with Crippen LogP contribution in [0.4, 0.5) is 4.11 Å². The molecule has 0 rings (SSSR count). The van der Waals surface area contributed by atoms with E-state index < -0.39 is 25.4 Å². The van der Waals surface area contributed by atoms with Crippen LogP contribution in [0, 0.1) is 0 Å². The molecule has 0 aromatic heterocycles. The molecule has 0 fully saturated rings. The second-order valence-corrected chi connectivity index (χ2v) is 22.1. The van der Waals surface area contributed by atoms with Gasteiger partial charge in [-0.2, -0.15) is 0 Å². The molecule has 0 atom stereocenters. The molecule has 0 aliphatic carbocycles. The second kappa shape index (κ2) is 5.69. The van der Waals surface area contributed by atoms with Crippen LogP contribution in [0.5, 0.6) is 0 Å². The van der Waals surface area contributed by atoms with Gasteiger partial charge in [-0.25, -0.2) is 0 Å². The fraction of sp³-hybridized carbons (Fsp3) is 1.00. The van der Waals surface area contributed by atoms with E-state index in [-0.39, 0.29) is 5.54 Å². The van der Waals surface area contributed by atoms with E-state index in [9.17, 15) is 0 Å². The maximum Gasteiger partial charge on any atom is 0.473 e. The van der Waals surface area contributed by atoms with Gasteiger partial charge < -0.3 is 0 Å². The number of rotatable bonds is 5. The number of nitrogens with zero attached hydrogens (tertiary/aromatic N) is 2. The fourth-order valence-corrected chi connectivity index (χ4v) is 12.1. The van der Waals surface area contributed by atoms with Crippen molar-refractivity contribution < 1.29 is 4.11 Å². The summed E-state index contributed by atoms with van der Waals surface area (Å²) in [7, 11) is -2.79. The van der Waals surface area contributed by atoms with Crippen molar-refractivity contribution in [2.45, 2.75) is 65.6 Å². The van der Waals surface area contributed by atoms with E-state index in [1.54, 1.807) is 0 Å². The number of hydrogen-bond donors (Lipinski definition) is 1. The molecule has 0 radical (unpaired) electrons. The van der Waals surface area contributed by atoms with Gasteiger partial charge in [0.15, 0.2) is 0 Å². The predicted octanol–water partition coefficient (Wildman–Crippen LogP) is 3.31. The van der Waals surface area contributed by atoms with Crippen molar-refractivity contribution in [3.8, 4) is 0 Å². The van der Waals surface area contributed by atoms with Crippen LogP contribution in [0.2, 0.25) is 39.3 Å². The van der Waals surface area contributed by atoms with E-state index in [1.165, 1.54) is 0 Å². The van der Waals surface area contributed by atoms with Gasteiger partial charge in [-0.05, 0) is 34.9 Å². The van der Waals surface area contributed by atoms with Crippen molar-refractivity contribution in [2.75, 3.05) is 14.1 Å². The Morgan fingerprint density at radius 3 is 1.21 bits per heavy atom. The van der Waals surface area contributed by atoms with Crippen molar-refractivity contribution in [2.24, 2.45) is 0 Å². The number of halogens is 1. The Bertz CT molecular complexity index is 285. The highest BCUT2D eigenvalue weighted by Crippen LogP contribution is 2.25. The first-order chi connectivity index (χ1) is 8.02. The lowest BCUT2D eigenvalue weighted by Crippen LogP contribution is -2.80. The molecule has 3 nitrogen and oxygen atoms in total. The summed E-state index contributed by atoms with van der Waals surface area (Å²) in [5, 5.41) is 0. The summed E-state index contributed by atoms with van der Waals surface area (Å²) in [6.45, 7) is 19.4. The maximum atomic E-state index is 16.0. The van der Waals surface area contributed by atoms with Crippen molar-refractivity contribution in [1.29, 1.82) is 0 Å². The standard InChI is InChI=1S/C12H34FN3Si3/c1-12(2,3)14-19(13,15(4)17(6,7)8)16(5)18(9,10)11/h14H,1-11H3. The van der Waals surface area contributed by atoms with Gasteiger partial charge in [0.05, 0.1) is 0 Å². The Kier molecular flexibility index (Phi) is 5.82. The van der Waals surface area contributed by atoms with Gasteiger partial charge in [-0.1, -0.05) is 39.3 Å². The molecule has 0 amide bonds. The molecule has 0 aliphatic heterocycles. The van der Waals surface area contributed by atoms with E-state index in [2.05, 4.69) is 52.7 Å². The summed E-state index contributed by atoms with van der Waals surface area (Å²) in [5.74, 6) is 0. The van der Waals surface area contributed by atoms with Gasteiger partial charge in [0.25, 0.3) is 0 Å². The smallest absolute Gasteiger partial charge is 0.299 e. The highest BCUT2D eigenvalue weighted by Gasteiger charge is 2.54. The average molecular weight is 324 g/mol. The lowest BCUT2D eigenvalue weighted by atomic mass is 10.1. The molecular weight excluding hydrogens is 289 g/mol. The third-order valence-corrected chi connectivity index (χ3v) is 16.1. The van der Waals surface area contributed by atoms with E-state index in [1.807, 2.05) is 34.9 Å². The summed E-state index contributed by atoms with van der Waals surface area (Å²) in [6, 6.07) is 0. The summed E-state index contributed by atoms with van der Waals surface area (Å²) >= 11 is 0. The van der Waals surface area contributed by atoms with Crippen LogP contribution in [-0.2, 0) is 0 Å². The molecule has 116 valence electrons. The Balaban J connectivity index is 5.62. The van der Waals surface area contributed by atoms with E-state index in [4.69, 9.17) is 0 Å². The third-order valence-electron chi connectivity index (χ3n) is 3.44. The molecule has 0 spiro atoms. The molecule has 0 aliphatic rings. The minimum atomic E-state index is -3.32. The zero-order valence-corrected chi connectivity index (χ0v) is 17.8. The van der Waals surface area contributed by atoms with Crippen molar-refractivity contribution in [3.05, 3.63) is 0 Å². The van der Waals surface area contributed by atoms with Gasteiger partial charge in [0.2, 0.25) is 0 Å². The molecule has 19 heavy (non-hydrogen) atoms. The van der Waals surface area contributed by atoms with Gasteiger partial charge in [0.1, 0.15) is 16.5 Å². The highest BCUT2D eigenvalue weighted by molar-refractivity contribution is 6.92. The largest absolute Gasteiger partial charge is 0.473 e. The van der Waals surface area contributed by atoms with E-state index >= 15 is 4.11 Å². The zero-order valence-electron chi connectivity index (χ0n) is 14.8. The number of hydrogen-bond acceptors (Lipinski definition) is 3. The summed E-state index contributed by atoms with van der Waals surface area (Å²) in [5.41, 5.74) is -0.219. The van der Waals surface area contributed by atoms with Crippen LogP contribution in [0.15, 0.2) is 0 Å². The normalized spacial score (nSPS) is 15.5. The predicted molar refractivity (Wildman–Crippen MR) is 92.0 cm³/mol. The first-order valence-corrected chi connectivity index (χ1v) is 15.6. The fourth-order valence-electron chi connectivity index (χ4n) is 1.76. The Labute approximate surface area is 123 Å². The molecule has 0 heterocycles. The van der Waals surface area contributed by atoms with Crippen LogP contribution in [0.3, 0.4) is 0 Å². The molecule has 0 saturated heterocycles. The second-order valence-electron chi connectivity index (χ2n) is 8.42. The summed E-state index contributed by atoms with van der Waals surface area (Å²) in [4.78, 5) is 3.34. The van der Waals surface area contributed by atoms with Crippen molar-refractivity contribution in [3.63, 3.8) is 0 Å². The van der Waals surface area contributed by atoms with Crippen molar-refractivity contribution in [1.82, 2.24) is 13.4 Å². The van der Waals surface area contributed by atoms with Gasteiger partial charge in [-0.3, -0.25) is 17.6 Å². The molecule has 0 aromatic carbocycles. The number of nitrogens with one attached hydrogen (secondary N) is 1. The molecule has 0 saturated carbocycles. The molecule has 7 heteroatoms. The average Bonchev–Trinajstić information content (AvgIpc) is 2.09. The molecule has 0 bridgehead atoms. The van der Waals surface area contributed by atoms with E-state index in [0.29, 0.717) is 0 Å². The minimum Gasteiger partial charge on any atom is -0.299 e. The molecule has 0 unspecified atom stereocenters. The maximum absolute atomic E-state index is 16.0. The van der Waals surface area contributed by atoms with Crippen LogP contribution in [0.25, 0.3) is 0 Å². The van der Waals surface area contributed by atoms with Gasteiger partial charge in [-0.15, -0.1) is 0 Å². The lowest BCUT2D eigenvalue weighted by Gasteiger charge is -2.50. The SMILES string of the molecule is CN([Si](C)(C)C)[Si](F)(NC(C)(C)C)N(C)[Si](C)(C)C. The summed E-state index contributed by atoms with van der Waals surface area (Å²) in [6.07, 6.45) is 0. The molecular formula is C12H34FN3Si3. The minimum absolute atomic E-state index is 0.219. The van der Waals surface area contributed by atoms with Crippen LogP contribution in [-0.4, -0.2) is 53.5 Å². The van der Waals surface area contributed by atoms with Crippen molar-refractivity contribution >= 4 is 25.4 Å². The first kappa shape index (κ1) is 19.5. The zero-order chi connectivity index (χ0) is 15.9. The van der Waals surface area contributed by atoms with E-state index in [0.717, 1.165) is 0 Å². The van der Waals surface area contributed by atoms with Gasteiger partial charge in [0, 0.05) is 5.54 Å². The topological polar surface area (TPSA) is 18.5 Å².